The summed E-state index contributed by atoms with van der Waals surface area (Å²) in [6.07, 6.45) is 2.92. The SMILES string of the molecule is CCOC(=O)Nc1ccc(C)c(N=C(NN=Cc2cc(C(=O)OCC)c(C)[nH]2)SC)c1. The molecule has 31 heavy (non-hydrogen) atoms. The molecular formula is C21H27N5O4S. The molecule has 0 atom stereocenters. The maximum Gasteiger partial charge on any atom is 0.411 e. The van der Waals surface area contributed by atoms with Gasteiger partial charge in [0.05, 0.1) is 36.4 Å². The van der Waals surface area contributed by atoms with E-state index in [1.807, 2.05) is 19.2 Å². The quantitative estimate of drug-likeness (QED) is 0.252. The highest BCUT2D eigenvalue weighted by Crippen LogP contribution is 2.24. The van der Waals surface area contributed by atoms with E-state index in [-0.39, 0.29) is 5.97 Å². The number of amides is 1. The number of aromatic amines is 1. The third-order valence-electron chi connectivity index (χ3n) is 4.04. The molecule has 0 saturated carbocycles. The lowest BCUT2D eigenvalue weighted by Gasteiger charge is -2.09. The number of anilines is 1. The average Bonchev–Trinajstić information content (AvgIpc) is 3.10. The molecule has 0 saturated heterocycles. The first kappa shape index (κ1) is 24.0. The Bertz CT molecular complexity index is 984. The van der Waals surface area contributed by atoms with Crippen molar-refractivity contribution in [2.24, 2.45) is 10.1 Å². The number of H-pyrrole nitrogens is 1. The van der Waals surface area contributed by atoms with Gasteiger partial charge >= 0.3 is 12.1 Å². The second-order valence-corrected chi connectivity index (χ2v) is 7.12. The van der Waals surface area contributed by atoms with Crippen molar-refractivity contribution in [3.63, 3.8) is 0 Å². The van der Waals surface area contributed by atoms with Crippen molar-refractivity contribution >= 4 is 46.6 Å². The van der Waals surface area contributed by atoms with Gasteiger partial charge in [0, 0.05) is 11.4 Å². The van der Waals surface area contributed by atoms with Gasteiger partial charge in [0.15, 0.2) is 5.17 Å². The number of nitrogens with one attached hydrogen (secondary N) is 3. The molecule has 0 radical (unpaired) electrons. The molecule has 1 amide bonds. The molecule has 2 aromatic rings. The van der Waals surface area contributed by atoms with Crippen molar-refractivity contribution in [1.29, 1.82) is 0 Å². The van der Waals surface area contributed by atoms with Crippen molar-refractivity contribution < 1.29 is 19.1 Å². The predicted molar refractivity (Wildman–Crippen MR) is 125 cm³/mol. The topological polar surface area (TPSA) is 117 Å². The Morgan fingerprint density at radius 1 is 1.16 bits per heavy atom. The van der Waals surface area contributed by atoms with Crippen LogP contribution in [0.25, 0.3) is 0 Å². The summed E-state index contributed by atoms with van der Waals surface area (Å²) < 4.78 is 9.93. The van der Waals surface area contributed by atoms with Crippen LogP contribution >= 0.6 is 11.8 Å². The van der Waals surface area contributed by atoms with Crippen LogP contribution in [0.5, 0.6) is 0 Å². The van der Waals surface area contributed by atoms with Crippen LogP contribution in [0.15, 0.2) is 34.4 Å². The molecule has 0 aliphatic rings. The molecule has 1 aromatic carbocycles. The minimum absolute atomic E-state index is 0.295. The monoisotopic (exact) mass is 445 g/mol. The normalized spacial score (nSPS) is 11.5. The zero-order valence-electron chi connectivity index (χ0n) is 18.2. The van der Waals surface area contributed by atoms with E-state index in [2.05, 4.69) is 25.8 Å². The minimum atomic E-state index is -0.516. The fraction of sp³-hybridized carbons (Fsp3) is 0.333. The summed E-state index contributed by atoms with van der Waals surface area (Å²) in [6.45, 7) is 7.84. The van der Waals surface area contributed by atoms with E-state index < -0.39 is 6.09 Å². The minimum Gasteiger partial charge on any atom is -0.462 e. The summed E-state index contributed by atoms with van der Waals surface area (Å²) in [5.41, 5.74) is 6.93. The number of nitrogens with zero attached hydrogens (tertiary/aromatic N) is 2. The first-order chi connectivity index (χ1) is 14.9. The number of aliphatic imine (C=N–C) groups is 1. The first-order valence-electron chi connectivity index (χ1n) is 9.70. The van der Waals surface area contributed by atoms with E-state index in [9.17, 15) is 9.59 Å². The molecule has 10 heteroatoms. The lowest BCUT2D eigenvalue weighted by molar-refractivity contribution is 0.0525. The fourth-order valence-electron chi connectivity index (χ4n) is 2.55. The van der Waals surface area contributed by atoms with Gasteiger partial charge in [-0.25, -0.2) is 14.6 Å². The van der Waals surface area contributed by atoms with Gasteiger partial charge < -0.3 is 14.5 Å². The van der Waals surface area contributed by atoms with Gasteiger partial charge in [-0.15, -0.1) is 0 Å². The summed E-state index contributed by atoms with van der Waals surface area (Å²) in [5, 5.41) is 7.41. The Morgan fingerprint density at radius 3 is 2.58 bits per heavy atom. The lowest BCUT2D eigenvalue weighted by Crippen LogP contribution is -2.14. The van der Waals surface area contributed by atoms with Crippen LogP contribution in [0.4, 0.5) is 16.2 Å². The molecule has 0 aliphatic heterocycles. The van der Waals surface area contributed by atoms with Gasteiger partial charge in [-0.3, -0.25) is 10.7 Å². The number of ether oxygens (including phenoxy) is 2. The zero-order valence-corrected chi connectivity index (χ0v) is 19.1. The molecule has 0 aliphatic carbocycles. The van der Waals surface area contributed by atoms with Crippen LogP contribution < -0.4 is 10.7 Å². The fourth-order valence-corrected chi connectivity index (χ4v) is 2.88. The largest absolute Gasteiger partial charge is 0.462 e. The van der Waals surface area contributed by atoms with Gasteiger partial charge in [0.2, 0.25) is 0 Å². The Labute approximate surface area is 185 Å². The molecule has 1 heterocycles. The van der Waals surface area contributed by atoms with Gasteiger partial charge in [0.1, 0.15) is 0 Å². The van der Waals surface area contributed by atoms with Crippen LogP contribution in [0.2, 0.25) is 0 Å². The first-order valence-corrected chi connectivity index (χ1v) is 10.9. The highest BCUT2D eigenvalue weighted by Gasteiger charge is 2.13. The molecule has 0 fully saturated rings. The summed E-state index contributed by atoms with van der Waals surface area (Å²) >= 11 is 1.39. The number of aromatic nitrogens is 1. The van der Waals surface area contributed by atoms with Crippen LogP contribution in [-0.2, 0) is 9.47 Å². The number of hydrogen-bond acceptors (Lipinski definition) is 7. The average molecular weight is 446 g/mol. The highest BCUT2D eigenvalue weighted by molar-refractivity contribution is 8.13. The molecular weight excluding hydrogens is 418 g/mol. The van der Waals surface area contributed by atoms with Gasteiger partial charge in [0.25, 0.3) is 0 Å². The third kappa shape index (κ3) is 7.18. The Hall–Kier alpha value is -3.27. The van der Waals surface area contributed by atoms with Crippen molar-refractivity contribution in [2.45, 2.75) is 27.7 Å². The Morgan fingerprint density at radius 2 is 1.90 bits per heavy atom. The number of hydrazone groups is 1. The van der Waals surface area contributed by atoms with E-state index in [0.717, 1.165) is 5.56 Å². The third-order valence-corrected chi connectivity index (χ3v) is 4.61. The number of thioether (sulfide) groups is 1. The van der Waals surface area contributed by atoms with E-state index in [1.165, 1.54) is 11.8 Å². The van der Waals surface area contributed by atoms with Crippen LogP contribution in [0, 0.1) is 13.8 Å². The Balaban J connectivity index is 2.12. The molecule has 0 bridgehead atoms. The van der Waals surface area contributed by atoms with E-state index in [1.54, 1.807) is 45.2 Å². The molecule has 9 nitrogen and oxygen atoms in total. The summed E-state index contributed by atoms with van der Waals surface area (Å²) in [7, 11) is 0. The van der Waals surface area contributed by atoms with E-state index in [0.29, 0.717) is 46.7 Å². The molecule has 2 rings (SSSR count). The number of rotatable bonds is 7. The van der Waals surface area contributed by atoms with Crippen LogP contribution in [-0.4, -0.2) is 47.9 Å². The number of esters is 1. The Kier molecular flexibility index (Phi) is 9.13. The highest BCUT2D eigenvalue weighted by atomic mass is 32.2. The van der Waals surface area contributed by atoms with E-state index >= 15 is 0 Å². The molecule has 1 aromatic heterocycles. The summed E-state index contributed by atoms with van der Waals surface area (Å²) in [6, 6.07) is 7.08. The molecule has 0 unspecified atom stereocenters. The van der Waals surface area contributed by atoms with Crippen LogP contribution in [0.1, 0.15) is 41.2 Å². The van der Waals surface area contributed by atoms with Crippen molar-refractivity contribution in [2.75, 3.05) is 24.8 Å². The standard InChI is InChI=1S/C21H27N5O4S/c1-6-29-19(27)17-10-16(23-14(17)4)12-22-26-20(31-5)25-18-11-15(9-8-13(18)3)24-21(28)30-7-2/h8-12,23H,6-7H2,1-5H3,(H,24,28)(H,25,26). The van der Waals surface area contributed by atoms with Crippen molar-refractivity contribution in [3.8, 4) is 0 Å². The molecule has 3 N–H and O–H groups in total. The number of amidine groups is 1. The maximum atomic E-state index is 11.9. The van der Waals surface area contributed by atoms with E-state index in [4.69, 9.17) is 9.47 Å². The van der Waals surface area contributed by atoms with Gasteiger partial charge in [-0.1, -0.05) is 17.8 Å². The molecule has 0 spiro atoms. The summed E-state index contributed by atoms with van der Waals surface area (Å²) in [5.74, 6) is -0.373. The number of carbonyl (C=O) groups is 2. The lowest BCUT2D eigenvalue weighted by atomic mass is 10.2. The molecule has 166 valence electrons. The summed E-state index contributed by atoms with van der Waals surface area (Å²) in [4.78, 5) is 31.2. The predicted octanol–water partition coefficient (Wildman–Crippen LogP) is 4.35. The number of carbonyl (C=O) groups excluding carboxylic acids is 2. The van der Waals surface area contributed by atoms with Crippen molar-refractivity contribution in [1.82, 2.24) is 10.4 Å². The van der Waals surface area contributed by atoms with Gasteiger partial charge in [-0.2, -0.15) is 5.10 Å². The number of aryl methyl sites for hydroxylation is 2. The second kappa shape index (κ2) is 11.8. The second-order valence-electron chi connectivity index (χ2n) is 6.32. The maximum absolute atomic E-state index is 11.9. The van der Waals surface area contributed by atoms with Crippen molar-refractivity contribution in [3.05, 3.63) is 46.8 Å². The number of benzene rings is 1. The van der Waals surface area contributed by atoms with Crippen LogP contribution in [0.3, 0.4) is 0 Å². The smallest absolute Gasteiger partial charge is 0.411 e. The number of hydrogen-bond donors (Lipinski definition) is 3. The van der Waals surface area contributed by atoms with Gasteiger partial charge in [-0.05, 0) is 57.7 Å². The zero-order chi connectivity index (χ0) is 22.8.